The van der Waals surface area contributed by atoms with Crippen LogP contribution in [0, 0.1) is 5.82 Å². The maximum atomic E-state index is 13.1. The summed E-state index contributed by atoms with van der Waals surface area (Å²) in [6.07, 6.45) is 4.43. The smallest absolute Gasteiger partial charge is 0.123 e. The molecule has 1 aromatic heterocycles. The van der Waals surface area contributed by atoms with Crippen LogP contribution in [0.15, 0.2) is 42.7 Å². The summed E-state index contributed by atoms with van der Waals surface area (Å²) < 4.78 is 18.8. The van der Waals surface area contributed by atoms with E-state index in [0.717, 1.165) is 36.4 Å². The molecule has 0 saturated carbocycles. The number of nitrogens with one attached hydrogen (secondary N) is 1. The zero-order chi connectivity index (χ0) is 13.1. The maximum Gasteiger partial charge on any atom is 0.123 e. The predicted molar refractivity (Wildman–Crippen MR) is 70.5 cm³/mol. The number of aromatic nitrogens is 1. The van der Waals surface area contributed by atoms with Crippen molar-refractivity contribution in [3.05, 3.63) is 59.7 Å². The monoisotopic (exact) mass is 258 g/mol. The van der Waals surface area contributed by atoms with Crippen molar-refractivity contribution in [2.75, 3.05) is 6.54 Å². The van der Waals surface area contributed by atoms with E-state index >= 15 is 0 Å². The van der Waals surface area contributed by atoms with Crippen molar-refractivity contribution in [2.45, 2.75) is 19.1 Å². The van der Waals surface area contributed by atoms with Crippen molar-refractivity contribution < 1.29 is 9.13 Å². The van der Waals surface area contributed by atoms with Gasteiger partial charge in [-0.25, -0.2) is 4.39 Å². The van der Waals surface area contributed by atoms with Crippen molar-refractivity contribution >= 4 is 0 Å². The first-order valence-corrected chi connectivity index (χ1v) is 6.36. The number of hydrogen-bond acceptors (Lipinski definition) is 3. The molecule has 3 nitrogen and oxygen atoms in total. The fourth-order valence-corrected chi connectivity index (χ4v) is 2.28. The molecule has 4 heteroatoms. The molecule has 3 rings (SSSR count). The first-order chi connectivity index (χ1) is 9.31. The quantitative estimate of drug-likeness (QED) is 0.913. The number of halogens is 1. The van der Waals surface area contributed by atoms with E-state index in [1.54, 1.807) is 18.3 Å². The molecule has 2 heterocycles. The van der Waals surface area contributed by atoms with Crippen molar-refractivity contribution in [1.82, 2.24) is 10.3 Å². The van der Waals surface area contributed by atoms with E-state index in [1.165, 1.54) is 6.07 Å². The van der Waals surface area contributed by atoms with Gasteiger partial charge in [0.2, 0.25) is 0 Å². The van der Waals surface area contributed by atoms with Gasteiger partial charge in [0.25, 0.3) is 0 Å². The van der Waals surface area contributed by atoms with E-state index in [-0.39, 0.29) is 11.9 Å². The van der Waals surface area contributed by atoms with Crippen LogP contribution in [0.5, 0.6) is 5.75 Å². The van der Waals surface area contributed by atoms with Crippen LogP contribution in [0.4, 0.5) is 4.39 Å². The van der Waals surface area contributed by atoms with E-state index in [0.29, 0.717) is 0 Å². The molecule has 98 valence electrons. The minimum absolute atomic E-state index is 0.0773. The molecule has 0 radical (unpaired) electrons. The molecule has 0 spiro atoms. The summed E-state index contributed by atoms with van der Waals surface area (Å²) >= 11 is 0. The zero-order valence-electron chi connectivity index (χ0n) is 10.5. The second-order valence-electron chi connectivity index (χ2n) is 4.69. The standard InChI is InChI=1S/C15H15FN2O/c16-13-3-4-15-12(6-13)7-14(19-15)10-18-9-11-2-1-5-17-8-11/h1-6,8,14,18H,7,9-10H2. The van der Waals surface area contributed by atoms with E-state index in [2.05, 4.69) is 10.3 Å². The summed E-state index contributed by atoms with van der Waals surface area (Å²) in [5.41, 5.74) is 2.09. The Morgan fingerprint density at radius 3 is 3.16 bits per heavy atom. The average molecular weight is 258 g/mol. The molecule has 1 aliphatic heterocycles. The third-order valence-electron chi connectivity index (χ3n) is 3.19. The van der Waals surface area contributed by atoms with Gasteiger partial charge in [0.05, 0.1) is 0 Å². The minimum Gasteiger partial charge on any atom is -0.488 e. The highest BCUT2D eigenvalue weighted by molar-refractivity contribution is 5.37. The van der Waals surface area contributed by atoms with Gasteiger partial charge in [0.1, 0.15) is 17.7 Å². The molecule has 1 aliphatic rings. The van der Waals surface area contributed by atoms with Crippen LogP contribution in [0.25, 0.3) is 0 Å². The van der Waals surface area contributed by atoms with Crippen LogP contribution in [0.1, 0.15) is 11.1 Å². The van der Waals surface area contributed by atoms with Gasteiger partial charge in [-0.3, -0.25) is 4.98 Å². The number of pyridine rings is 1. The normalized spacial score (nSPS) is 17.0. The number of benzene rings is 1. The lowest BCUT2D eigenvalue weighted by Gasteiger charge is -2.11. The van der Waals surface area contributed by atoms with Crippen LogP contribution in [-0.4, -0.2) is 17.6 Å². The van der Waals surface area contributed by atoms with Crippen LogP contribution < -0.4 is 10.1 Å². The summed E-state index contributed by atoms with van der Waals surface area (Å²) in [5, 5.41) is 3.33. The number of ether oxygens (including phenoxy) is 1. The molecule has 19 heavy (non-hydrogen) atoms. The average Bonchev–Trinajstić information content (AvgIpc) is 2.82. The van der Waals surface area contributed by atoms with Gasteiger partial charge in [-0.2, -0.15) is 0 Å². The number of fused-ring (bicyclic) bond motifs is 1. The van der Waals surface area contributed by atoms with Crippen molar-refractivity contribution in [1.29, 1.82) is 0 Å². The molecule has 1 aromatic carbocycles. The van der Waals surface area contributed by atoms with Crippen LogP contribution >= 0.6 is 0 Å². The molecule has 1 unspecified atom stereocenters. The fraction of sp³-hybridized carbons (Fsp3) is 0.267. The Morgan fingerprint density at radius 2 is 2.32 bits per heavy atom. The molecule has 1 N–H and O–H groups in total. The van der Waals surface area contributed by atoms with Gasteiger partial charge in [-0.1, -0.05) is 6.07 Å². The highest BCUT2D eigenvalue weighted by atomic mass is 19.1. The highest BCUT2D eigenvalue weighted by Crippen LogP contribution is 2.28. The Labute approximate surface area is 111 Å². The van der Waals surface area contributed by atoms with E-state index in [9.17, 15) is 4.39 Å². The molecule has 0 amide bonds. The van der Waals surface area contributed by atoms with E-state index < -0.39 is 0 Å². The van der Waals surface area contributed by atoms with Gasteiger partial charge in [0, 0.05) is 37.5 Å². The lowest BCUT2D eigenvalue weighted by Crippen LogP contribution is -2.29. The third kappa shape index (κ3) is 2.90. The molecule has 2 aromatic rings. The van der Waals surface area contributed by atoms with Crippen molar-refractivity contribution in [3.8, 4) is 5.75 Å². The van der Waals surface area contributed by atoms with Gasteiger partial charge in [-0.15, -0.1) is 0 Å². The largest absolute Gasteiger partial charge is 0.488 e. The first kappa shape index (κ1) is 12.1. The molecule has 1 atom stereocenters. The molecule has 0 fully saturated rings. The maximum absolute atomic E-state index is 13.1. The van der Waals surface area contributed by atoms with Gasteiger partial charge < -0.3 is 10.1 Å². The summed E-state index contributed by atoms with van der Waals surface area (Å²) in [7, 11) is 0. The van der Waals surface area contributed by atoms with E-state index in [4.69, 9.17) is 4.74 Å². The number of hydrogen-bond donors (Lipinski definition) is 1. The Balaban J connectivity index is 1.51. The number of rotatable bonds is 4. The predicted octanol–water partition coefficient (Wildman–Crippen LogP) is 2.31. The summed E-state index contributed by atoms with van der Waals surface area (Å²) in [6, 6.07) is 8.63. The van der Waals surface area contributed by atoms with Crippen LogP contribution in [0.2, 0.25) is 0 Å². The lowest BCUT2D eigenvalue weighted by molar-refractivity contribution is 0.227. The highest BCUT2D eigenvalue weighted by Gasteiger charge is 2.22. The van der Waals surface area contributed by atoms with E-state index in [1.807, 2.05) is 18.3 Å². The topological polar surface area (TPSA) is 34.2 Å². The van der Waals surface area contributed by atoms with Gasteiger partial charge in [-0.05, 0) is 29.8 Å². The molecular formula is C15H15FN2O. The Bertz CT molecular complexity index is 559. The van der Waals surface area contributed by atoms with Crippen molar-refractivity contribution in [3.63, 3.8) is 0 Å². The fourth-order valence-electron chi connectivity index (χ4n) is 2.28. The third-order valence-corrected chi connectivity index (χ3v) is 3.19. The van der Waals surface area contributed by atoms with Gasteiger partial charge >= 0.3 is 0 Å². The Kier molecular flexibility index (Phi) is 3.42. The summed E-state index contributed by atoms with van der Waals surface area (Å²) in [6.45, 7) is 1.50. The minimum atomic E-state index is -0.202. The van der Waals surface area contributed by atoms with Gasteiger partial charge in [0.15, 0.2) is 0 Å². The first-order valence-electron chi connectivity index (χ1n) is 6.36. The van der Waals surface area contributed by atoms with Crippen LogP contribution in [0.3, 0.4) is 0 Å². The Hall–Kier alpha value is -1.94. The summed E-state index contributed by atoms with van der Waals surface area (Å²) in [4.78, 5) is 4.06. The lowest BCUT2D eigenvalue weighted by atomic mass is 10.1. The molecular weight excluding hydrogens is 243 g/mol. The second-order valence-corrected chi connectivity index (χ2v) is 4.69. The Morgan fingerprint density at radius 1 is 1.37 bits per heavy atom. The summed E-state index contributed by atoms with van der Waals surface area (Å²) in [5.74, 6) is 0.598. The molecule has 0 saturated heterocycles. The van der Waals surface area contributed by atoms with Crippen LogP contribution in [-0.2, 0) is 13.0 Å². The molecule has 0 bridgehead atoms. The zero-order valence-corrected chi connectivity index (χ0v) is 10.5. The number of nitrogens with zero attached hydrogens (tertiary/aromatic N) is 1. The SMILES string of the molecule is Fc1ccc2c(c1)CC(CNCc1cccnc1)O2. The second kappa shape index (κ2) is 5.36. The van der Waals surface area contributed by atoms with Crippen molar-refractivity contribution in [2.24, 2.45) is 0 Å². The molecule has 0 aliphatic carbocycles.